The van der Waals surface area contributed by atoms with E-state index in [9.17, 15) is 9.90 Å². The van der Waals surface area contributed by atoms with Gasteiger partial charge in [0.15, 0.2) is 11.5 Å². The second-order valence-corrected chi connectivity index (χ2v) is 7.12. The molecule has 156 valence electrons. The van der Waals surface area contributed by atoms with E-state index in [1.807, 2.05) is 32.0 Å². The third-order valence-corrected chi connectivity index (χ3v) is 5.20. The van der Waals surface area contributed by atoms with E-state index in [0.29, 0.717) is 36.7 Å². The summed E-state index contributed by atoms with van der Waals surface area (Å²) in [4.78, 5) is 12.7. The van der Waals surface area contributed by atoms with Crippen molar-refractivity contribution in [2.75, 3.05) is 26.9 Å². The number of amides is 1. The minimum Gasteiger partial charge on any atom is -0.497 e. The maximum atomic E-state index is 12.7. The molecule has 0 radical (unpaired) electrons. The average molecular weight is 399 g/mol. The van der Waals surface area contributed by atoms with E-state index in [-0.39, 0.29) is 12.5 Å². The molecule has 29 heavy (non-hydrogen) atoms. The number of aryl methyl sites for hydroxylation is 1. The standard InChI is InChI=1S/C23H29NO5/c1-4-28-20-11-8-17(14-21(20)29-5-2)22(25)24-15-23(26)12-6-7-16-13-18(27-3)9-10-19(16)23/h8-11,13-14,26H,4-7,12,15H2,1-3H3,(H,24,25). The SMILES string of the molecule is CCOc1ccc(C(=O)NCC2(O)CCCc3cc(OC)ccc32)cc1OCC. The van der Waals surface area contributed by atoms with Crippen molar-refractivity contribution >= 4 is 5.91 Å². The Labute approximate surface area is 171 Å². The normalized spacial score (nSPS) is 17.9. The van der Waals surface area contributed by atoms with E-state index in [1.54, 1.807) is 25.3 Å². The number of benzene rings is 2. The van der Waals surface area contributed by atoms with E-state index in [1.165, 1.54) is 0 Å². The number of hydrogen-bond acceptors (Lipinski definition) is 5. The maximum absolute atomic E-state index is 12.7. The van der Waals surface area contributed by atoms with Crippen molar-refractivity contribution in [2.24, 2.45) is 0 Å². The van der Waals surface area contributed by atoms with Gasteiger partial charge < -0.3 is 24.6 Å². The van der Waals surface area contributed by atoms with Crippen LogP contribution < -0.4 is 19.5 Å². The molecule has 2 aromatic carbocycles. The van der Waals surface area contributed by atoms with E-state index in [2.05, 4.69) is 5.32 Å². The number of hydrogen-bond donors (Lipinski definition) is 2. The van der Waals surface area contributed by atoms with Gasteiger partial charge in [0.2, 0.25) is 0 Å². The van der Waals surface area contributed by atoms with Crippen LogP contribution in [0.15, 0.2) is 36.4 Å². The Bertz CT molecular complexity index is 866. The monoisotopic (exact) mass is 399 g/mol. The number of nitrogens with one attached hydrogen (secondary N) is 1. The first kappa shape index (κ1) is 21.0. The highest BCUT2D eigenvalue weighted by Gasteiger charge is 2.35. The molecule has 3 rings (SSSR count). The minimum atomic E-state index is -1.09. The van der Waals surface area contributed by atoms with Crippen molar-refractivity contribution < 1.29 is 24.1 Å². The largest absolute Gasteiger partial charge is 0.497 e. The second-order valence-electron chi connectivity index (χ2n) is 7.12. The quantitative estimate of drug-likeness (QED) is 0.711. The zero-order valence-electron chi connectivity index (χ0n) is 17.3. The third kappa shape index (κ3) is 4.65. The average Bonchev–Trinajstić information content (AvgIpc) is 2.73. The van der Waals surface area contributed by atoms with Gasteiger partial charge in [0.1, 0.15) is 11.4 Å². The number of aliphatic hydroxyl groups is 1. The van der Waals surface area contributed by atoms with Gasteiger partial charge in [-0.3, -0.25) is 4.79 Å². The summed E-state index contributed by atoms with van der Waals surface area (Å²) >= 11 is 0. The van der Waals surface area contributed by atoms with Crippen LogP contribution in [0.3, 0.4) is 0 Å². The van der Waals surface area contributed by atoms with Gasteiger partial charge in [-0.2, -0.15) is 0 Å². The highest BCUT2D eigenvalue weighted by Crippen LogP contribution is 2.37. The van der Waals surface area contributed by atoms with Gasteiger partial charge in [-0.15, -0.1) is 0 Å². The number of methoxy groups -OCH3 is 1. The minimum absolute atomic E-state index is 0.141. The van der Waals surface area contributed by atoms with Gasteiger partial charge in [0.05, 0.1) is 26.9 Å². The highest BCUT2D eigenvalue weighted by molar-refractivity contribution is 5.95. The van der Waals surface area contributed by atoms with Crippen LogP contribution in [0.2, 0.25) is 0 Å². The third-order valence-electron chi connectivity index (χ3n) is 5.20. The molecule has 6 heteroatoms. The first-order valence-electron chi connectivity index (χ1n) is 10.1. The summed E-state index contributed by atoms with van der Waals surface area (Å²) in [6, 6.07) is 10.8. The molecule has 6 nitrogen and oxygen atoms in total. The molecular formula is C23H29NO5. The lowest BCUT2D eigenvalue weighted by atomic mass is 9.79. The summed E-state index contributed by atoms with van der Waals surface area (Å²) in [7, 11) is 1.63. The van der Waals surface area contributed by atoms with Crippen molar-refractivity contribution in [3.63, 3.8) is 0 Å². The topological polar surface area (TPSA) is 77.0 Å². The van der Waals surface area contributed by atoms with E-state index in [4.69, 9.17) is 14.2 Å². The van der Waals surface area contributed by atoms with Gasteiger partial charge in [-0.05, 0) is 74.6 Å². The van der Waals surface area contributed by atoms with Crippen LogP contribution in [0.25, 0.3) is 0 Å². The molecule has 1 aliphatic carbocycles. The van der Waals surface area contributed by atoms with Crippen LogP contribution in [0.5, 0.6) is 17.2 Å². The van der Waals surface area contributed by atoms with Gasteiger partial charge in [-0.25, -0.2) is 0 Å². The summed E-state index contributed by atoms with van der Waals surface area (Å²) in [5, 5.41) is 14.1. The van der Waals surface area contributed by atoms with Gasteiger partial charge in [0.25, 0.3) is 5.91 Å². The fourth-order valence-electron chi connectivity index (χ4n) is 3.77. The van der Waals surface area contributed by atoms with Gasteiger partial charge in [0, 0.05) is 5.56 Å². The molecule has 1 unspecified atom stereocenters. The molecule has 1 atom stereocenters. The van der Waals surface area contributed by atoms with E-state index in [0.717, 1.165) is 29.7 Å². The Morgan fingerprint density at radius 2 is 1.86 bits per heavy atom. The summed E-state index contributed by atoms with van der Waals surface area (Å²) in [5.41, 5.74) is 1.29. The Hall–Kier alpha value is -2.73. The van der Waals surface area contributed by atoms with E-state index < -0.39 is 5.60 Å². The molecular weight excluding hydrogens is 370 g/mol. The number of carbonyl (C=O) groups excluding carboxylic acids is 1. The molecule has 0 saturated carbocycles. The molecule has 0 spiro atoms. The van der Waals surface area contributed by atoms with Crippen LogP contribution >= 0.6 is 0 Å². The van der Waals surface area contributed by atoms with Crippen LogP contribution in [0.1, 0.15) is 48.2 Å². The molecule has 2 N–H and O–H groups in total. The number of carbonyl (C=O) groups is 1. The summed E-state index contributed by atoms with van der Waals surface area (Å²) in [6.45, 7) is 4.92. The zero-order valence-corrected chi connectivity index (χ0v) is 17.3. The Morgan fingerprint density at radius 3 is 2.59 bits per heavy atom. The Kier molecular flexibility index (Phi) is 6.64. The maximum Gasteiger partial charge on any atom is 0.251 e. The number of ether oxygens (including phenoxy) is 3. The van der Waals surface area contributed by atoms with Crippen molar-refractivity contribution in [3.05, 3.63) is 53.1 Å². The Balaban J connectivity index is 1.75. The predicted molar refractivity (Wildman–Crippen MR) is 111 cm³/mol. The summed E-state index contributed by atoms with van der Waals surface area (Å²) in [6.07, 6.45) is 2.34. The van der Waals surface area contributed by atoms with E-state index >= 15 is 0 Å². The highest BCUT2D eigenvalue weighted by atomic mass is 16.5. The molecule has 0 saturated heterocycles. The van der Waals surface area contributed by atoms with Gasteiger partial charge in [-0.1, -0.05) is 6.07 Å². The van der Waals surface area contributed by atoms with Crippen molar-refractivity contribution in [1.29, 1.82) is 0 Å². The van der Waals surface area contributed by atoms with Crippen LogP contribution in [-0.4, -0.2) is 37.9 Å². The first-order valence-corrected chi connectivity index (χ1v) is 10.1. The fourth-order valence-corrected chi connectivity index (χ4v) is 3.77. The lowest BCUT2D eigenvalue weighted by Crippen LogP contribution is -2.43. The smallest absolute Gasteiger partial charge is 0.251 e. The number of rotatable bonds is 8. The Morgan fingerprint density at radius 1 is 1.10 bits per heavy atom. The summed E-state index contributed by atoms with van der Waals surface area (Å²) in [5.74, 6) is 1.66. The second kappa shape index (κ2) is 9.18. The molecule has 1 amide bonds. The van der Waals surface area contributed by atoms with Crippen LogP contribution in [-0.2, 0) is 12.0 Å². The molecule has 0 aliphatic heterocycles. The van der Waals surface area contributed by atoms with Crippen LogP contribution in [0.4, 0.5) is 0 Å². The summed E-state index contributed by atoms with van der Waals surface area (Å²) < 4.78 is 16.4. The molecule has 2 aromatic rings. The fraction of sp³-hybridized carbons (Fsp3) is 0.435. The molecule has 1 aliphatic rings. The molecule has 0 fully saturated rings. The lowest BCUT2D eigenvalue weighted by molar-refractivity contribution is 0.0189. The predicted octanol–water partition coefficient (Wildman–Crippen LogP) is 3.45. The lowest BCUT2D eigenvalue weighted by Gasteiger charge is -2.35. The molecule has 0 bridgehead atoms. The first-order chi connectivity index (χ1) is 14.0. The van der Waals surface area contributed by atoms with Crippen molar-refractivity contribution in [2.45, 2.75) is 38.7 Å². The van der Waals surface area contributed by atoms with Crippen LogP contribution in [0, 0.1) is 0 Å². The molecule has 0 aromatic heterocycles. The van der Waals surface area contributed by atoms with Crippen molar-refractivity contribution in [3.8, 4) is 17.2 Å². The number of fused-ring (bicyclic) bond motifs is 1. The van der Waals surface area contributed by atoms with Gasteiger partial charge >= 0.3 is 0 Å². The molecule has 0 heterocycles. The zero-order chi connectivity index (χ0) is 20.9. The van der Waals surface area contributed by atoms with Crippen molar-refractivity contribution in [1.82, 2.24) is 5.32 Å².